The summed E-state index contributed by atoms with van der Waals surface area (Å²) in [5, 5.41) is 6.21. The van der Waals surface area contributed by atoms with E-state index in [1.54, 1.807) is 13.8 Å². The van der Waals surface area contributed by atoms with Crippen LogP contribution in [-0.4, -0.2) is 51.3 Å². The van der Waals surface area contributed by atoms with Crippen molar-refractivity contribution in [3.8, 4) is 0 Å². The summed E-state index contributed by atoms with van der Waals surface area (Å²) in [5.41, 5.74) is 1.94. The lowest BCUT2D eigenvalue weighted by Crippen LogP contribution is -2.27. The van der Waals surface area contributed by atoms with E-state index in [1.165, 1.54) is 28.6 Å². The Morgan fingerprint density at radius 2 is 1.74 bits per heavy atom. The van der Waals surface area contributed by atoms with E-state index in [2.05, 4.69) is 20.4 Å². The summed E-state index contributed by atoms with van der Waals surface area (Å²) in [6.45, 7) is 4.25. The average Bonchev–Trinajstić information content (AvgIpc) is 3.44. The molecule has 0 spiro atoms. The van der Waals surface area contributed by atoms with E-state index >= 15 is 0 Å². The molecule has 0 unspecified atom stereocenters. The van der Waals surface area contributed by atoms with Gasteiger partial charge < -0.3 is 5.32 Å². The van der Waals surface area contributed by atoms with Crippen LogP contribution >= 0.6 is 0 Å². The molecule has 13 heteroatoms. The van der Waals surface area contributed by atoms with Gasteiger partial charge in [-0.3, -0.25) is 4.79 Å². The Kier molecular flexibility index (Phi) is 6.34. The van der Waals surface area contributed by atoms with Gasteiger partial charge in [-0.25, -0.2) is 17.9 Å². The minimum absolute atomic E-state index is 0.0452. The number of alkyl halides is 3. The van der Waals surface area contributed by atoms with Gasteiger partial charge in [-0.15, -0.1) is 5.10 Å². The standard InChI is InChI=1S/C21H23F3N6O3S/c1-13-17(14(2)30-20(25-13)27-19(28-30)21(22,23)24)9-10-18(31)26-15-5-7-16(8-6-15)34(32,33)29-11-3-4-12-29/h5-8H,3-4,9-12H2,1-2H3,(H,26,31). The highest BCUT2D eigenvalue weighted by Crippen LogP contribution is 2.27. The lowest BCUT2D eigenvalue weighted by Gasteiger charge is -2.15. The van der Waals surface area contributed by atoms with Crippen molar-refractivity contribution in [2.24, 2.45) is 0 Å². The summed E-state index contributed by atoms with van der Waals surface area (Å²) >= 11 is 0. The molecule has 1 fully saturated rings. The summed E-state index contributed by atoms with van der Waals surface area (Å²) < 4.78 is 66.5. The van der Waals surface area contributed by atoms with Crippen LogP contribution in [0, 0.1) is 13.8 Å². The van der Waals surface area contributed by atoms with Crippen molar-refractivity contribution in [3.63, 3.8) is 0 Å². The summed E-state index contributed by atoms with van der Waals surface area (Å²) in [7, 11) is -3.54. The van der Waals surface area contributed by atoms with E-state index in [0.717, 1.165) is 17.4 Å². The van der Waals surface area contributed by atoms with Crippen molar-refractivity contribution in [3.05, 3.63) is 47.0 Å². The molecule has 0 radical (unpaired) electrons. The van der Waals surface area contributed by atoms with Gasteiger partial charge in [-0.1, -0.05) is 0 Å². The zero-order chi connectivity index (χ0) is 24.7. The SMILES string of the molecule is Cc1nc2nc(C(F)(F)F)nn2c(C)c1CCC(=O)Nc1ccc(S(=O)(=O)N2CCCC2)cc1. The van der Waals surface area contributed by atoms with Crippen molar-refractivity contribution >= 4 is 27.4 Å². The fourth-order valence-corrected chi connectivity index (χ4v) is 5.46. The molecule has 4 rings (SSSR count). The fourth-order valence-electron chi connectivity index (χ4n) is 3.94. The van der Waals surface area contributed by atoms with Crippen LogP contribution in [0.1, 0.15) is 42.0 Å². The number of sulfonamides is 1. The molecule has 1 aliphatic heterocycles. The molecule has 1 N–H and O–H groups in total. The van der Waals surface area contributed by atoms with Gasteiger partial charge in [0, 0.05) is 36.6 Å². The highest BCUT2D eigenvalue weighted by Gasteiger charge is 2.37. The van der Waals surface area contributed by atoms with Crippen LogP contribution in [0.4, 0.5) is 18.9 Å². The highest BCUT2D eigenvalue weighted by molar-refractivity contribution is 7.89. The molecule has 0 saturated carbocycles. The van der Waals surface area contributed by atoms with Crippen LogP contribution < -0.4 is 5.32 Å². The lowest BCUT2D eigenvalue weighted by atomic mass is 10.1. The van der Waals surface area contributed by atoms with Gasteiger partial charge in [-0.05, 0) is 62.9 Å². The van der Waals surface area contributed by atoms with Crippen LogP contribution in [0.2, 0.25) is 0 Å². The van der Waals surface area contributed by atoms with Gasteiger partial charge in [0.15, 0.2) is 0 Å². The second kappa shape index (κ2) is 8.95. The number of benzene rings is 1. The summed E-state index contributed by atoms with van der Waals surface area (Å²) in [6.07, 6.45) is -2.72. The first-order chi connectivity index (χ1) is 16.0. The second-order valence-corrected chi connectivity index (χ2v) is 10.0. The molecular weight excluding hydrogens is 473 g/mol. The minimum atomic E-state index is -4.68. The number of carbonyl (C=O) groups excluding carboxylic acids is 1. The number of carbonyl (C=O) groups is 1. The molecule has 9 nitrogen and oxygen atoms in total. The molecule has 2 aromatic heterocycles. The van der Waals surface area contributed by atoms with Crippen molar-refractivity contribution in [1.82, 2.24) is 23.9 Å². The maximum absolute atomic E-state index is 12.9. The average molecular weight is 497 g/mol. The number of aromatic nitrogens is 4. The molecule has 3 aromatic rings. The predicted molar refractivity (Wildman–Crippen MR) is 117 cm³/mol. The first kappa shape index (κ1) is 24.1. The molecule has 1 amide bonds. The van der Waals surface area contributed by atoms with Crippen molar-refractivity contribution < 1.29 is 26.4 Å². The molecule has 1 aromatic carbocycles. The number of aryl methyl sites for hydroxylation is 2. The molecule has 0 bridgehead atoms. The highest BCUT2D eigenvalue weighted by atomic mass is 32.2. The number of amides is 1. The maximum Gasteiger partial charge on any atom is 0.453 e. The normalized spacial score (nSPS) is 15.2. The number of hydrogen-bond acceptors (Lipinski definition) is 6. The molecule has 0 aliphatic carbocycles. The lowest BCUT2D eigenvalue weighted by molar-refractivity contribution is -0.144. The Morgan fingerprint density at radius 1 is 1.09 bits per heavy atom. The topological polar surface area (TPSA) is 110 Å². The number of anilines is 1. The third-order valence-corrected chi connectivity index (χ3v) is 7.66. The molecule has 182 valence electrons. The number of hydrogen-bond donors (Lipinski definition) is 1. The van der Waals surface area contributed by atoms with Crippen molar-refractivity contribution in [2.75, 3.05) is 18.4 Å². The van der Waals surface area contributed by atoms with E-state index < -0.39 is 22.0 Å². The van der Waals surface area contributed by atoms with Crippen LogP contribution in [0.15, 0.2) is 29.2 Å². The number of rotatable bonds is 6. The van der Waals surface area contributed by atoms with Crippen molar-refractivity contribution in [2.45, 2.75) is 50.6 Å². The van der Waals surface area contributed by atoms with Crippen LogP contribution in [0.5, 0.6) is 0 Å². The summed E-state index contributed by atoms with van der Waals surface area (Å²) in [4.78, 5) is 20.2. The number of halogens is 3. The zero-order valence-electron chi connectivity index (χ0n) is 18.6. The monoisotopic (exact) mass is 496 g/mol. The van der Waals surface area contributed by atoms with Crippen molar-refractivity contribution in [1.29, 1.82) is 0 Å². The van der Waals surface area contributed by atoms with Gasteiger partial charge in [0.05, 0.1) is 4.90 Å². The molecule has 34 heavy (non-hydrogen) atoms. The Morgan fingerprint density at radius 3 is 2.35 bits per heavy atom. The predicted octanol–water partition coefficient (Wildman–Crippen LogP) is 3.12. The molecule has 1 saturated heterocycles. The fraction of sp³-hybridized carbons (Fsp3) is 0.429. The zero-order valence-corrected chi connectivity index (χ0v) is 19.4. The molecular formula is C21H23F3N6O3S. The quantitative estimate of drug-likeness (QED) is 0.562. The largest absolute Gasteiger partial charge is 0.453 e. The van der Waals surface area contributed by atoms with Crippen LogP contribution in [-0.2, 0) is 27.4 Å². The first-order valence-corrected chi connectivity index (χ1v) is 12.1. The van der Waals surface area contributed by atoms with Gasteiger partial charge in [-0.2, -0.15) is 22.5 Å². The van der Waals surface area contributed by atoms with E-state index in [0.29, 0.717) is 35.7 Å². The first-order valence-electron chi connectivity index (χ1n) is 10.7. The Bertz CT molecular complexity index is 1330. The second-order valence-electron chi connectivity index (χ2n) is 8.09. The Balaban J connectivity index is 1.43. The molecule has 1 aliphatic rings. The van der Waals surface area contributed by atoms with Gasteiger partial charge in [0.2, 0.25) is 15.9 Å². The summed E-state index contributed by atoms with van der Waals surface area (Å²) in [5.74, 6) is -1.75. The minimum Gasteiger partial charge on any atom is -0.326 e. The third kappa shape index (κ3) is 4.75. The van der Waals surface area contributed by atoms with Crippen LogP contribution in [0.25, 0.3) is 5.78 Å². The summed E-state index contributed by atoms with van der Waals surface area (Å²) in [6, 6.07) is 5.97. The number of nitrogens with zero attached hydrogens (tertiary/aromatic N) is 5. The van der Waals surface area contributed by atoms with Crippen LogP contribution in [0.3, 0.4) is 0 Å². The number of nitrogens with one attached hydrogen (secondary N) is 1. The van der Waals surface area contributed by atoms with E-state index in [-0.39, 0.29) is 29.4 Å². The van der Waals surface area contributed by atoms with Gasteiger partial charge >= 0.3 is 6.18 Å². The molecule has 0 atom stereocenters. The number of fused-ring (bicyclic) bond motifs is 1. The molecule has 3 heterocycles. The maximum atomic E-state index is 12.9. The Hall–Kier alpha value is -3.06. The van der Waals surface area contributed by atoms with E-state index in [9.17, 15) is 26.4 Å². The van der Waals surface area contributed by atoms with E-state index in [4.69, 9.17) is 0 Å². The van der Waals surface area contributed by atoms with Gasteiger partial charge in [0.1, 0.15) is 0 Å². The smallest absolute Gasteiger partial charge is 0.326 e. The van der Waals surface area contributed by atoms with E-state index in [1.807, 2.05) is 0 Å². The van der Waals surface area contributed by atoms with Gasteiger partial charge in [0.25, 0.3) is 11.6 Å². The third-order valence-electron chi connectivity index (χ3n) is 5.75. The Labute approximate surface area is 194 Å².